The zero-order valence-corrected chi connectivity index (χ0v) is 12.3. The lowest BCUT2D eigenvalue weighted by atomic mass is 10.3. The molecule has 0 saturated carbocycles. The number of ether oxygens (including phenoxy) is 1. The number of thiophene rings is 1. The van der Waals surface area contributed by atoms with Crippen molar-refractivity contribution in [1.82, 2.24) is 9.55 Å². The maximum absolute atomic E-state index is 5.82. The minimum Gasteiger partial charge on any atom is -0.489 e. The molecule has 0 atom stereocenters. The average Bonchev–Trinajstić information content (AvgIpc) is 2.95. The van der Waals surface area contributed by atoms with Gasteiger partial charge in [-0.05, 0) is 49.6 Å². The standard InChI is InChI=1S/C14H14N2OS2/c1-9(2)17-12-5-3-4-11-13(12)15-14(18)16(11)10-6-7-19-8-10/h3-9H,1-2H3,(H,15,18). The quantitative estimate of drug-likeness (QED) is 0.718. The monoisotopic (exact) mass is 290 g/mol. The molecule has 1 N–H and O–H groups in total. The maximum atomic E-state index is 5.82. The van der Waals surface area contributed by atoms with Gasteiger partial charge in [0.2, 0.25) is 0 Å². The summed E-state index contributed by atoms with van der Waals surface area (Å²) in [6, 6.07) is 8.06. The Balaban J connectivity index is 2.26. The normalized spacial score (nSPS) is 11.3. The number of hydrogen-bond donors (Lipinski definition) is 1. The molecular formula is C14H14N2OS2. The Morgan fingerprint density at radius 1 is 1.32 bits per heavy atom. The molecular weight excluding hydrogens is 276 g/mol. The molecule has 5 heteroatoms. The van der Waals surface area contributed by atoms with Crippen LogP contribution in [0.1, 0.15) is 13.8 Å². The van der Waals surface area contributed by atoms with E-state index in [1.54, 1.807) is 11.3 Å². The van der Waals surface area contributed by atoms with Gasteiger partial charge in [-0.1, -0.05) is 6.07 Å². The Labute approximate surface area is 120 Å². The molecule has 98 valence electrons. The van der Waals surface area contributed by atoms with E-state index < -0.39 is 0 Å². The smallest absolute Gasteiger partial charge is 0.182 e. The van der Waals surface area contributed by atoms with Crippen molar-refractivity contribution in [2.75, 3.05) is 0 Å². The largest absolute Gasteiger partial charge is 0.489 e. The molecule has 0 saturated heterocycles. The number of fused-ring (bicyclic) bond motifs is 1. The number of benzene rings is 1. The van der Waals surface area contributed by atoms with Crippen LogP contribution in [-0.4, -0.2) is 15.7 Å². The second kappa shape index (κ2) is 4.83. The minimum absolute atomic E-state index is 0.136. The predicted octanol–water partition coefficient (Wildman–Crippen LogP) is 4.54. The zero-order valence-electron chi connectivity index (χ0n) is 10.7. The van der Waals surface area contributed by atoms with Gasteiger partial charge in [0.25, 0.3) is 0 Å². The summed E-state index contributed by atoms with van der Waals surface area (Å²) in [6.07, 6.45) is 0.136. The second-order valence-corrected chi connectivity index (χ2v) is 5.73. The lowest BCUT2D eigenvalue weighted by Gasteiger charge is -2.10. The summed E-state index contributed by atoms with van der Waals surface area (Å²) in [4.78, 5) is 3.25. The number of nitrogens with one attached hydrogen (secondary N) is 1. The van der Waals surface area contributed by atoms with Crippen LogP contribution in [-0.2, 0) is 0 Å². The van der Waals surface area contributed by atoms with Crippen molar-refractivity contribution >= 4 is 34.6 Å². The molecule has 2 heterocycles. The molecule has 0 spiro atoms. The van der Waals surface area contributed by atoms with Crippen LogP contribution in [0, 0.1) is 4.77 Å². The van der Waals surface area contributed by atoms with E-state index in [4.69, 9.17) is 17.0 Å². The van der Waals surface area contributed by atoms with E-state index in [1.165, 1.54) is 0 Å². The molecule has 0 aliphatic heterocycles. The molecule has 0 aliphatic carbocycles. The summed E-state index contributed by atoms with van der Waals surface area (Å²) in [5.74, 6) is 0.840. The van der Waals surface area contributed by atoms with E-state index in [9.17, 15) is 0 Å². The van der Waals surface area contributed by atoms with E-state index in [0.717, 1.165) is 22.5 Å². The lowest BCUT2D eigenvalue weighted by molar-refractivity contribution is 0.245. The molecule has 0 unspecified atom stereocenters. The third kappa shape index (κ3) is 2.19. The number of para-hydroxylation sites is 1. The Morgan fingerprint density at radius 2 is 2.16 bits per heavy atom. The van der Waals surface area contributed by atoms with Gasteiger partial charge < -0.3 is 9.72 Å². The summed E-state index contributed by atoms with van der Waals surface area (Å²) in [6.45, 7) is 4.03. The SMILES string of the molecule is CC(C)Oc1cccc2c1[nH]c(=S)n2-c1ccsc1. The van der Waals surface area contributed by atoms with Crippen molar-refractivity contribution in [3.05, 3.63) is 39.8 Å². The Hall–Kier alpha value is -1.59. The van der Waals surface area contributed by atoms with Gasteiger partial charge in [0.15, 0.2) is 4.77 Å². The van der Waals surface area contributed by atoms with Crippen LogP contribution < -0.4 is 4.74 Å². The number of aromatic nitrogens is 2. The van der Waals surface area contributed by atoms with Crippen molar-refractivity contribution in [3.8, 4) is 11.4 Å². The summed E-state index contributed by atoms with van der Waals surface area (Å²) in [7, 11) is 0. The number of aromatic amines is 1. The van der Waals surface area contributed by atoms with Gasteiger partial charge in [0.05, 0.1) is 17.3 Å². The Morgan fingerprint density at radius 3 is 2.84 bits per heavy atom. The van der Waals surface area contributed by atoms with Gasteiger partial charge in [-0.3, -0.25) is 4.57 Å². The first-order valence-electron chi connectivity index (χ1n) is 6.10. The summed E-state index contributed by atoms with van der Waals surface area (Å²) < 4.78 is 8.55. The fraction of sp³-hybridized carbons (Fsp3) is 0.214. The van der Waals surface area contributed by atoms with Crippen LogP contribution in [0.5, 0.6) is 5.75 Å². The van der Waals surface area contributed by atoms with E-state index in [0.29, 0.717) is 4.77 Å². The zero-order chi connectivity index (χ0) is 13.4. The third-order valence-corrected chi connectivity index (χ3v) is 3.76. The van der Waals surface area contributed by atoms with Gasteiger partial charge in [-0.2, -0.15) is 11.3 Å². The number of hydrogen-bond acceptors (Lipinski definition) is 3. The van der Waals surface area contributed by atoms with Crippen LogP contribution in [0.3, 0.4) is 0 Å². The van der Waals surface area contributed by atoms with Crippen LogP contribution >= 0.6 is 23.6 Å². The molecule has 0 fully saturated rings. The van der Waals surface area contributed by atoms with E-state index in [1.807, 2.05) is 42.0 Å². The van der Waals surface area contributed by atoms with Crippen LogP contribution in [0.2, 0.25) is 0 Å². The lowest BCUT2D eigenvalue weighted by Crippen LogP contribution is -2.05. The molecule has 0 aliphatic rings. The first-order valence-corrected chi connectivity index (χ1v) is 7.45. The van der Waals surface area contributed by atoms with Crippen molar-refractivity contribution in [1.29, 1.82) is 0 Å². The van der Waals surface area contributed by atoms with Gasteiger partial charge in [0.1, 0.15) is 11.3 Å². The van der Waals surface area contributed by atoms with E-state index in [2.05, 4.69) is 16.4 Å². The Bertz CT molecular complexity index is 753. The van der Waals surface area contributed by atoms with Crippen molar-refractivity contribution < 1.29 is 4.74 Å². The van der Waals surface area contributed by atoms with Crippen molar-refractivity contribution in [2.24, 2.45) is 0 Å². The predicted molar refractivity (Wildman–Crippen MR) is 82.1 cm³/mol. The highest BCUT2D eigenvalue weighted by atomic mass is 32.1. The molecule has 1 aromatic carbocycles. The summed E-state index contributed by atoms with van der Waals surface area (Å²) in [5, 5.41) is 4.13. The van der Waals surface area contributed by atoms with Gasteiger partial charge in [0, 0.05) is 5.38 Å². The second-order valence-electron chi connectivity index (χ2n) is 4.56. The van der Waals surface area contributed by atoms with Gasteiger partial charge in [-0.25, -0.2) is 0 Å². The minimum atomic E-state index is 0.136. The van der Waals surface area contributed by atoms with Crippen LogP contribution in [0.4, 0.5) is 0 Å². The van der Waals surface area contributed by atoms with Gasteiger partial charge in [-0.15, -0.1) is 0 Å². The maximum Gasteiger partial charge on any atom is 0.182 e. The third-order valence-electron chi connectivity index (χ3n) is 2.81. The summed E-state index contributed by atoms with van der Waals surface area (Å²) in [5.41, 5.74) is 3.08. The topological polar surface area (TPSA) is 29.9 Å². The molecule has 19 heavy (non-hydrogen) atoms. The van der Waals surface area contributed by atoms with Crippen molar-refractivity contribution in [3.63, 3.8) is 0 Å². The fourth-order valence-electron chi connectivity index (χ4n) is 2.10. The first-order chi connectivity index (χ1) is 9.16. The van der Waals surface area contributed by atoms with Gasteiger partial charge >= 0.3 is 0 Å². The highest BCUT2D eigenvalue weighted by molar-refractivity contribution is 7.71. The summed E-state index contributed by atoms with van der Waals surface area (Å²) >= 11 is 7.09. The molecule has 0 amide bonds. The van der Waals surface area contributed by atoms with E-state index >= 15 is 0 Å². The molecule has 0 radical (unpaired) electrons. The van der Waals surface area contributed by atoms with Crippen LogP contribution in [0.25, 0.3) is 16.7 Å². The number of rotatable bonds is 3. The van der Waals surface area contributed by atoms with E-state index in [-0.39, 0.29) is 6.10 Å². The first kappa shape index (κ1) is 12.4. The number of H-pyrrole nitrogens is 1. The average molecular weight is 290 g/mol. The highest BCUT2D eigenvalue weighted by Gasteiger charge is 2.11. The molecule has 2 aromatic heterocycles. The molecule has 3 aromatic rings. The van der Waals surface area contributed by atoms with Crippen LogP contribution in [0.15, 0.2) is 35.0 Å². The Kier molecular flexibility index (Phi) is 3.16. The number of imidazole rings is 1. The number of nitrogens with zero attached hydrogens (tertiary/aromatic N) is 1. The molecule has 3 rings (SSSR count). The molecule has 0 bridgehead atoms. The fourth-order valence-corrected chi connectivity index (χ4v) is 3.02. The molecule has 3 nitrogen and oxygen atoms in total. The van der Waals surface area contributed by atoms with Crippen molar-refractivity contribution in [2.45, 2.75) is 20.0 Å². The highest BCUT2D eigenvalue weighted by Crippen LogP contribution is 2.28.